The summed E-state index contributed by atoms with van der Waals surface area (Å²) in [6, 6.07) is 6.02. The molecule has 0 N–H and O–H groups in total. The van der Waals surface area contributed by atoms with E-state index in [1.807, 2.05) is 0 Å². The molecule has 2 aromatic carbocycles. The Labute approximate surface area is 189 Å². The molecular weight excluding hydrogens is 526 g/mol. The van der Waals surface area contributed by atoms with Crippen LogP contribution in [0.25, 0.3) is 0 Å². The van der Waals surface area contributed by atoms with Crippen molar-refractivity contribution in [3.8, 4) is 11.5 Å². The molecule has 0 aliphatic rings. The van der Waals surface area contributed by atoms with Crippen molar-refractivity contribution < 1.29 is 26.7 Å². The van der Waals surface area contributed by atoms with Crippen LogP contribution >= 0.6 is 38.9 Å². The number of anilines is 1. The van der Waals surface area contributed by atoms with Gasteiger partial charge < -0.3 is 9.47 Å². The Kier molecular flexibility index (Phi) is 6.85. The number of hydrogen-bond donors (Lipinski definition) is 0. The molecule has 0 radical (unpaired) electrons. The third-order valence-corrected chi connectivity index (χ3v) is 7.69. The van der Waals surface area contributed by atoms with Gasteiger partial charge in [-0.05, 0) is 34.1 Å². The van der Waals surface area contributed by atoms with E-state index in [0.717, 1.165) is 21.7 Å². The maximum Gasteiger partial charge on any atom is 0.269 e. The number of methoxy groups -OCH3 is 2. The van der Waals surface area contributed by atoms with Crippen molar-refractivity contribution in [1.82, 2.24) is 4.98 Å². The molecule has 0 aliphatic heterocycles. The lowest BCUT2D eigenvalue weighted by molar-refractivity contribution is 0.391. The minimum absolute atomic E-state index is 0.0691. The van der Waals surface area contributed by atoms with Crippen LogP contribution in [0, 0.1) is 11.6 Å². The van der Waals surface area contributed by atoms with Crippen LogP contribution in [-0.4, -0.2) is 27.6 Å². The van der Waals surface area contributed by atoms with Gasteiger partial charge in [0.25, 0.3) is 10.0 Å². The Hall–Kier alpha value is -1.95. The maximum absolute atomic E-state index is 14.4. The van der Waals surface area contributed by atoms with Gasteiger partial charge in [0.05, 0.1) is 35.8 Å². The highest BCUT2D eigenvalue weighted by Gasteiger charge is 2.32. The van der Waals surface area contributed by atoms with Crippen molar-refractivity contribution in [3.05, 3.63) is 62.5 Å². The van der Waals surface area contributed by atoms with Gasteiger partial charge in [-0.2, -0.15) is 0 Å². The molecule has 0 fully saturated rings. The molecule has 12 heteroatoms. The minimum atomic E-state index is -4.50. The van der Waals surface area contributed by atoms with Crippen molar-refractivity contribution in [2.75, 3.05) is 18.5 Å². The Morgan fingerprint density at radius 3 is 2.50 bits per heavy atom. The zero-order valence-electron chi connectivity index (χ0n) is 15.5. The van der Waals surface area contributed by atoms with Crippen LogP contribution in [0.2, 0.25) is 5.02 Å². The van der Waals surface area contributed by atoms with Gasteiger partial charge in [0, 0.05) is 17.7 Å². The molecule has 0 spiro atoms. The van der Waals surface area contributed by atoms with Gasteiger partial charge in [-0.3, -0.25) is 0 Å². The number of thiazole rings is 1. The number of benzene rings is 2. The molecule has 1 aromatic heterocycles. The summed E-state index contributed by atoms with van der Waals surface area (Å²) in [5.41, 5.74) is 0.474. The van der Waals surface area contributed by atoms with Gasteiger partial charge in [-0.15, -0.1) is 0 Å². The Bertz CT molecular complexity index is 1190. The molecule has 1 heterocycles. The van der Waals surface area contributed by atoms with E-state index >= 15 is 0 Å². The Morgan fingerprint density at radius 1 is 1.17 bits per heavy atom. The van der Waals surface area contributed by atoms with E-state index in [-0.39, 0.29) is 11.7 Å². The molecule has 6 nitrogen and oxygen atoms in total. The van der Waals surface area contributed by atoms with Crippen LogP contribution < -0.4 is 13.8 Å². The van der Waals surface area contributed by atoms with Gasteiger partial charge in [-0.1, -0.05) is 22.9 Å². The molecule has 0 saturated carbocycles. The lowest BCUT2D eigenvalue weighted by Gasteiger charge is -2.23. The van der Waals surface area contributed by atoms with Crippen LogP contribution in [0.4, 0.5) is 13.9 Å². The monoisotopic (exact) mass is 538 g/mol. The zero-order valence-corrected chi connectivity index (χ0v) is 19.5. The van der Waals surface area contributed by atoms with E-state index in [1.54, 1.807) is 18.2 Å². The second-order valence-electron chi connectivity index (χ2n) is 5.83. The summed E-state index contributed by atoms with van der Waals surface area (Å²) in [4.78, 5) is 3.32. The average Bonchev–Trinajstić information content (AvgIpc) is 3.14. The smallest absolute Gasteiger partial charge is 0.269 e. The SMILES string of the molecule is COc1ccc(CN(c2ncc(Br)s2)S(=O)(=O)c2cc(Cl)c(F)cc2F)c(OC)c1. The standard InChI is InChI=1S/C18H14BrClF2N2O4S2/c1-27-11-4-3-10(15(5-11)28-2)9-24(18-23-8-17(19)29-18)30(25,26)16-6-12(20)13(21)7-14(16)22/h3-8H,9H2,1-2H3. The number of rotatable bonds is 7. The highest BCUT2D eigenvalue weighted by molar-refractivity contribution is 9.11. The van der Waals surface area contributed by atoms with Crippen LogP contribution in [0.3, 0.4) is 0 Å². The van der Waals surface area contributed by atoms with Crippen molar-refractivity contribution in [3.63, 3.8) is 0 Å². The third-order valence-electron chi connectivity index (χ3n) is 4.03. The van der Waals surface area contributed by atoms with Crippen molar-refractivity contribution >= 4 is 54.0 Å². The first-order chi connectivity index (χ1) is 14.2. The molecule has 0 bridgehead atoms. The zero-order chi connectivity index (χ0) is 22.1. The van der Waals surface area contributed by atoms with Crippen molar-refractivity contribution in [2.24, 2.45) is 0 Å². The number of nitrogens with zero attached hydrogens (tertiary/aromatic N) is 2. The molecule has 0 unspecified atom stereocenters. The van der Waals surface area contributed by atoms with E-state index < -0.39 is 31.6 Å². The normalized spacial score (nSPS) is 11.4. The molecule has 3 rings (SSSR count). The first-order valence-corrected chi connectivity index (χ1v) is 11.6. The van der Waals surface area contributed by atoms with E-state index in [4.69, 9.17) is 21.1 Å². The predicted molar refractivity (Wildman–Crippen MR) is 114 cm³/mol. The molecule has 160 valence electrons. The fourth-order valence-electron chi connectivity index (χ4n) is 2.57. The topological polar surface area (TPSA) is 68.7 Å². The lowest BCUT2D eigenvalue weighted by Crippen LogP contribution is -2.31. The second kappa shape index (κ2) is 9.04. The second-order valence-corrected chi connectivity index (χ2v) is 10.5. The highest BCUT2D eigenvalue weighted by atomic mass is 79.9. The van der Waals surface area contributed by atoms with E-state index in [2.05, 4.69) is 20.9 Å². The molecule has 0 saturated heterocycles. The molecule has 0 aliphatic carbocycles. The van der Waals surface area contributed by atoms with Gasteiger partial charge in [-0.25, -0.2) is 26.5 Å². The number of ether oxygens (including phenoxy) is 2. The first kappa shape index (κ1) is 22.7. The number of halogens is 4. The first-order valence-electron chi connectivity index (χ1n) is 8.17. The van der Waals surface area contributed by atoms with E-state index in [1.165, 1.54) is 20.4 Å². The number of aromatic nitrogens is 1. The molecule has 3 aromatic rings. The van der Waals surface area contributed by atoms with E-state index in [0.29, 0.717) is 26.9 Å². The Morgan fingerprint density at radius 2 is 1.90 bits per heavy atom. The number of hydrogen-bond acceptors (Lipinski definition) is 6. The summed E-state index contributed by atoms with van der Waals surface area (Å²) in [5.74, 6) is -1.45. The van der Waals surface area contributed by atoms with Crippen LogP contribution in [0.1, 0.15) is 5.56 Å². The summed E-state index contributed by atoms with van der Waals surface area (Å²) in [6.45, 7) is -0.232. The Balaban J connectivity index is 2.14. The fourth-order valence-corrected chi connectivity index (χ4v) is 5.67. The summed E-state index contributed by atoms with van der Waals surface area (Å²) >= 11 is 9.98. The molecular formula is C18H14BrClF2N2O4S2. The summed E-state index contributed by atoms with van der Waals surface area (Å²) in [6.07, 6.45) is 1.42. The van der Waals surface area contributed by atoms with Crippen LogP contribution in [0.5, 0.6) is 11.5 Å². The fraction of sp³-hybridized carbons (Fsp3) is 0.167. The van der Waals surface area contributed by atoms with E-state index in [9.17, 15) is 17.2 Å². The average molecular weight is 540 g/mol. The van der Waals surface area contributed by atoms with Gasteiger partial charge in [0.15, 0.2) is 0 Å². The summed E-state index contributed by atoms with van der Waals surface area (Å²) in [5, 5.41) is -0.447. The highest BCUT2D eigenvalue weighted by Crippen LogP contribution is 2.36. The van der Waals surface area contributed by atoms with Gasteiger partial charge in [0.1, 0.15) is 28.0 Å². The van der Waals surface area contributed by atoms with Crippen LogP contribution in [0.15, 0.2) is 45.2 Å². The summed E-state index contributed by atoms with van der Waals surface area (Å²) in [7, 11) is -1.59. The maximum atomic E-state index is 14.4. The van der Waals surface area contributed by atoms with Gasteiger partial charge >= 0.3 is 0 Å². The minimum Gasteiger partial charge on any atom is -0.497 e. The third kappa shape index (κ3) is 4.53. The summed E-state index contributed by atoms with van der Waals surface area (Å²) < 4.78 is 66.6. The number of sulfonamides is 1. The van der Waals surface area contributed by atoms with Gasteiger partial charge in [0.2, 0.25) is 5.13 Å². The van der Waals surface area contributed by atoms with Crippen LogP contribution in [-0.2, 0) is 16.6 Å². The lowest BCUT2D eigenvalue weighted by atomic mass is 10.2. The van der Waals surface area contributed by atoms with Crippen molar-refractivity contribution in [1.29, 1.82) is 0 Å². The molecule has 0 atom stereocenters. The quantitative estimate of drug-likeness (QED) is 0.384. The van der Waals surface area contributed by atoms with Crippen molar-refractivity contribution in [2.45, 2.75) is 11.4 Å². The molecule has 0 amide bonds. The molecule has 30 heavy (non-hydrogen) atoms. The predicted octanol–water partition coefficient (Wildman–Crippen LogP) is 5.25. The largest absolute Gasteiger partial charge is 0.497 e.